The summed E-state index contributed by atoms with van der Waals surface area (Å²) in [6.45, 7) is 4.90. The first-order chi connectivity index (χ1) is 15.4. The lowest BCUT2D eigenvalue weighted by atomic mass is 10.2. The van der Waals surface area contributed by atoms with Crippen LogP contribution in [0.3, 0.4) is 0 Å². The molecule has 0 aliphatic carbocycles. The summed E-state index contributed by atoms with van der Waals surface area (Å²) in [5, 5.41) is 3.91. The summed E-state index contributed by atoms with van der Waals surface area (Å²) in [5.74, 6) is 1.22. The SMILES string of the molecule is CCCn1c(=O)sc2cc(S(=O)(=O)NCc3nc(-c4ccc(OCC)cc4)no3)ccc21. The molecule has 168 valence electrons. The fourth-order valence-corrected chi connectivity index (χ4v) is 5.23. The Morgan fingerprint density at radius 2 is 1.94 bits per heavy atom. The summed E-state index contributed by atoms with van der Waals surface area (Å²) in [7, 11) is -3.83. The highest BCUT2D eigenvalue weighted by Crippen LogP contribution is 2.23. The Morgan fingerprint density at radius 1 is 1.16 bits per heavy atom. The van der Waals surface area contributed by atoms with Crippen LogP contribution in [0.15, 0.2) is 56.7 Å². The van der Waals surface area contributed by atoms with Crippen molar-refractivity contribution >= 4 is 31.6 Å². The first-order valence-corrected chi connectivity index (χ1v) is 12.4. The Balaban J connectivity index is 1.48. The van der Waals surface area contributed by atoms with Crippen LogP contribution in [0.4, 0.5) is 0 Å². The molecule has 0 saturated heterocycles. The van der Waals surface area contributed by atoms with Gasteiger partial charge in [0.1, 0.15) is 5.75 Å². The topological polar surface area (TPSA) is 116 Å². The largest absolute Gasteiger partial charge is 0.494 e. The maximum atomic E-state index is 12.7. The molecular weight excluding hydrogens is 452 g/mol. The Hall–Kier alpha value is -3.02. The van der Waals surface area contributed by atoms with Crippen molar-refractivity contribution in [2.75, 3.05) is 6.61 Å². The average Bonchev–Trinajstić information content (AvgIpc) is 3.38. The Bertz CT molecular complexity index is 1390. The Kier molecular flexibility index (Phi) is 6.40. The van der Waals surface area contributed by atoms with Crippen molar-refractivity contribution in [1.82, 2.24) is 19.4 Å². The van der Waals surface area contributed by atoms with Crippen LogP contribution in [-0.4, -0.2) is 29.7 Å². The minimum absolute atomic E-state index is 0.0705. The van der Waals surface area contributed by atoms with E-state index >= 15 is 0 Å². The summed E-state index contributed by atoms with van der Waals surface area (Å²) in [6.07, 6.45) is 0.816. The van der Waals surface area contributed by atoms with Crippen LogP contribution in [0.25, 0.3) is 21.6 Å². The van der Waals surface area contributed by atoms with Gasteiger partial charge in [-0.05, 0) is 55.8 Å². The third kappa shape index (κ3) is 4.59. The normalized spacial score (nSPS) is 11.8. The quantitative estimate of drug-likeness (QED) is 0.395. The van der Waals surface area contributed by atoms with Crippen LogP contribution in [-0.2, 0) is 23.1 Å². The van der Waals surface area contributed by atoms with Crippen molar-refractivity contribution in [3.63, 3.8) is 0 Å². The van der Waals surface area contributed by atoms with E-state index in [4.69, 9.17) is 9.26 Å². The highest BCUT2D eigenvalue weighted by molar-refractivity contribution is 7.89. The molecule has 1 N–H and O–H groups in total. The summed E-state index contributed by atoms with van der Waals surface area (Å²) >= 11 is 1.03. The number of sulfonamides is 1. The van der Waals surface area contributed by atoms with Crippen molar-refractivity contribution in [1.29, 1.82) is 0 Å². The Morgan fingerprint density at radius 3 is 2.66 bits per heavy atom. The van der Waals surface area contributed by atoms with Gasteiger partial charge in [0.05, 0.1) is 28.3 Å². The van der Waals surface area contributed by atoms with Gasteiger partial charge in [0.15, 0.2) is 0 Å². The Labute approximate surface area is 188 Å². The monoisotopic (exact) mass is 474 g/mol. The maximum absolute atomic E-state index is 12.7. The zero-order chi connectivity index (χ0) is 22.7. The van der Waals surface area contributed by atoms with Crippen LogP contribution >= 0.6 is 11.3 Å². The number of aromatic nitrogens is 3. The molecule has 4 rings (SSSR count). The van der Waals surface area contributed by atoms with Crippen LogP contribution in [0.2, 0.25) is 0 Å². The molecule has 0 aliphatic heterocycles. The van der Waals surface area contributed by atoms with Crippen molar-refractivity contribution in [2.45, 2.75) is 38.3 Å². The molecule has 0 aliphatic rings. The fourth-order valence-electron chi connectivity index (χ4n) is 3.20. The second-order valence-electron chi connectivity index (χ2n) is 6.94. The van der Waals surface area contributed by atoms with Crippen LogP contribution in [0, 0.1) is 0 Å². The van der Waals surface area contributed by atoms with Crippen molar-refractivity contribution < 1.29 is 17.7 Å². The molecule has 2 aromatic heterocycles. The van der Waals surface area contributed by atoms with E-state index in [-0.39, 0.29) is 22.2 Å². The van der Waals surface area contributed by atoms with Crippen molar-refractivity contribution in [3.8, 4) is 17.1 Å². The molecule has 0 unspecified atom stereocenters. The number of ether oxygens (including phenoxy) is 1. The van der Waals surface area contributed by atoms with Gasteiger partial charge in [0.2, 0.25) is 21.7 Å². The molecule has 11 heteroatoms. The molecule has 0 atom stereocenters. The first kappa shape index (κ1) is 22.2. The minimum Gasteiger partial charge on any atom is -0.494 e. The van der Waals surface area contributed by atoms with E-state index in [9.17, 15) is 13.2 Å². The first-order valence-electron chi connectivity index (χ1n) is 10.1. The molecule has 32 heavy (non-hydrogen) atoms. The van der Waals surface area contributed by atoms with Crippen LogP contribution in [0.1, 0.15) is 26.2 Å². The van der Waals surface area contributed by atoms with Crippen LogP contribution < -0.4 is 14.3 Å². The lowest BCUT2D eigenvalue weighted by Gasteiger charge is -2.06. The van der Waals surface area contributed by atoms with Crippen LogP contribution in [0.5, 0.6) is 5.75 Å². The maximum Gasteiger partial charge on any atom is 0.308 e. The molecule has 0 spiro atoms. The number of nitrogens with one attached hydrogen (secondary N) is 1. The number of nitrogens with zero attached hydrogens (tertiary/aromatic N) is 3. The van der Waals surface area contributed by atoms with Gasteiger partial charge in [0, 0.05) is 12.1 Å². The standard InChI is InChI=1S/C21H22N4O5S2/c1-3-11-25-17-10-9-16(12-18(17)31-21(25)26)32(27,28)22-13-19-23-20(24-30-19)14-5-7-15(8-6-14)29-4-2/h5-10,12,22H,3-4,11,13H2,1-2H3. The van der Waals surface area contributed by atoms with E-state index in [0.29, 0.717) is 23.7 Å². The predicted molar refractivity (Wildman–Crippen MR) is 121 cm³/mol. The molecule has 0 saturated carbocycles. The van der Waals surface area contributed by atoms with E-state index in [1.165, 1.54) is 12.1 Å². The zero-order valence-electron chi connectivity index (χ0n) is 17.6. The smallest absolute Gasteiger partial charge is 0.308 e. The van der Waals surface area contributed by atoms with E-state index in [2.05, 4.69) is 14.9 Å². The molecule has 2 heterocycles. The highest BCUT2D eigenvalue weighted by Gasteiger charge is 2.18. The van der Waals surface area contributed by atoms with Gasteiger partial charge in [-0.1, -0.05) is 23.4 Å². The molecular formula is C21H22N4O5S2. The lowest BCUT2D eigenvalue weighted by Crippen LogP contribution is -2.23. The van der Waals surface area contributed by atoms with Gasteiger partial charge in [-0.3, -0.25) is 9.36 Å². The number of benzene rings is 2. The summed E-state index contributed by atoms with van der Waals surface area (Å²) in [5.41, 5.74) is 1.46. The summed E-state index contributed by atoms with van der Waals surface area (Å²) in [6, 6.07) is 11.9. The number of hydrogen-bond acceptors (Lipinski definition) is 8. The fraction of sp³-hybridized carbons (Fsp3) is 0.286. The molecule has 0 radical (unpaired) electrons. The number of fused-ring (bicyclic) bond motifs is 1. The second kappa shape index (κ2) is 9.23. The highest BCUT2D eigenvalue weighted by atomic mass is 32.2. The predicted octanol–water partition coefficient (Wildman–Crippen LogP) is 3.40. The molecule has 9 nitrogen and oxygen atoms in total. The zero-order valence-corrected chi connectivity index (χ0v) is 19.2. The van der Waals surface area contributed by atoms with E-state index in [1.807, 2.05) is 13.8 Å². The third-order valence-electron chi connectivity index (χ3n) is 4.70. The van der Waals surface area contributed by atoms with Gasteiger partial charge in [0.25, 0.3) is 0 Å². The van der Waals surface area contributed by atoms with Gasteiger partial charge in [-0.2, -0.15) is 4.98 Å². The molecule has 0 amide bonds. The minimum atomic E-state index is -3.83. The number of hydrogen-bond donors (Lipinski definition) is 1. The van der Waals surface area contributed by atoms with Gasteiger partial charge >= 0.3 is 4.87 Å². The third-order valence-corrected chi connectivity index (χ3v) is 7.04. The number of thiazole rings is 1. The van der Waals surface area contributed by atoms with Gasteiger partial charge < -0.3 is 9.26 Å². The molecule has 4 aromatic rings. The number of aryl methyl sites for hydroxylation is 1. The molecule has 2 aromatic carbocycles. The number of rotatable bonds is 9. The van der Waals surface area contributed by atoms with Crippen molar-refractivity contribution in [3.05, 3.63) is 58.0 Å². The van der Waals surface area contributed by atoms with Crippen molar-refractivity contribution in [2.24, 2.45) is 0 Å². The van der Waals surface area contributed by atoms with E-state index < -0.39 is 10.0 Å². The summed E-state index contributed by atoms with van der Waals surface area (Å²) < 4.78 is 40.8. The molecule has 0 bridgehead atoms. The van der Waals surface area contributed by atoms with Gasteiger partial charge in [-0.15, -0.1) is 0 Å². The second-order valence-corrected chi connectivity index (χ2v) is 9.70. The average molecular weight is 475 g/mol. The molecule has 0 fully saturated rings. The summed E-state index contributed by atoms with van der Waals surface area (Å²) in [4.78, 5) is 16.4. The van der Waals surface area contributed by atoms with E-state index in [0.717, 1.165) is 34.6 Å². The van der Waals surface area contributed by atoms with E-state index in [1.54, 1.807) is 34.9 Å². The van der Waals surface area contributed by atoms with Gasteiger partial charge in [-0.25, -0.2) is 13.1 Å². The lowest BCUT2D eigenvalue weighted by molar-refractivity contribution is 0.340.